The molecule has 5 nitrogen and oxygen atoms in total. The number of nitrogens with one attached hydrogen (secondary N) is 2. The number of rotatable bonds is 9. The zero-order valence-electron chi connectivity index (χ0n) is 17.9. The van der Waals surface area contributed by atoms with Gasteiger partial charge in [-0.3, -0.25) is 10.1 Å². The first-order valence-electron chi connectivity index (χ1n) is 10.1. The molecule has 1 atom stereocenters. The fraction of sp³-hybridized carbons (Fsp3) is 0.240. The molecule has 3 rings (SSSR count). The highest BCUT2D eigenvalue weighted by atomic mass is 19.1. The highest BCUT2D eigenvalue weighted by Crippen LogP contribution is 2.29. The summed E-state index contributed by atoms with van der Waals surface area (Å²) in [4.78, 5) is 12.6. The number of aryl methyl sites for hydroxylation is 1. The molecule has 162 valence electrons. The number of carbonyl (C=O) groups is 1. The summed E-state index contributed by atoms with van der Waals surface area (Å²) >= 11 is 0. The molecule has 0 bridgehead atoms. The molecule has 1 amide bonds. The fourth-order valence-corrected chi connectivity index (χ4v) is 3.37. The Kier molecular flexibility index (Phi) is 7.62. The van der Waals surface area contributed by atoms with Crippen LogP contribution in [-0.2, 0) is 11.2 Å². The highest BCUT2D eigenvalue weighted by molar-refractivity contribution is 5.92. The maximum atomic E-state index is 13.9. The molecule has 3 aromatic rings. The zero-order valence-corrected chi connectivity index (χ0v) is 17.9. The topological polar surface area (TPSA) is 59.6 Å². The van der Waals surface area contributed by atoms with Gasteiger partial charge < -0.3 is 14.8 Å². The van der Waals surface area contributed by atoms with Crippen molar-refractivity contribution in [3.63, 3.8) is 0 Å². The van der Waals surface area contributed by atoms with Gasteiger partial charge in [-0.25, -0.2) is 4.39 Å². The molecule has 0 saturated carbocycles. The summed E-state index contributed by atoms with van der Waals surface area (Å²) in [6, 6.07) is 19.4. The van der Waals surface area contributed by atoms with E-state index in [0.29, 0.717) is 17.2 Å². The van der Waals surface area contributed by atoms with Crippen molar-refractivity contribution in [1.82, 2.24) is 5.32 Å². The number of hydrogen-bond donors (Lipinski definition) is 2. The molecular formula is C25H27FN2O3. The van der Waals surface area contributed by atoms with Crippen LogP contribution in [0.1, 0.15) is 29.7 Å². The van der Waals surface area contributed by atoms with E-state index in [0.717, 1.165) is 17.5 Å². The lowest BCUT2D eigenvalue weighted by atomic mass is 9.97. The Bertz CT molecular complexity index is 1020. The number of hydrogen-bond acceptors (Lipinski definition) is 4. The third kappa shape index (κ3) is 5.83. The van der Waals surface area contributed by atoms with Gasteiger partial charge in [-0.05, 0) is 47.4 Å². The minimum absolute atomic E-state index is 0.0467. The molecule has 0 heterocycles. The SMILES string of the molecule is CCc1ccc([C@H](NCC(=O)Nc2ccc(OC)c(OC)c2)c2cccc(F)c2)cc1. The Morgan fingerprint density at radius 3 is 2.32 bits per heavy atom. The summed E-state index contributed by atoms with van der Waals surface area (Å²) in [5, 5.41) is 6.10. The van der Waals surface area contributed by atoms with Gasteiger partial charge in [0.25, 0.3) is 0 Å². The van der Waals surface area contributed by atoms with Crippen LogP contribution in [0.3, 0.4) is 0 Å². The predicted molar refractivity (Wildman–Crippen MR) is 120 cm³/mol. The zero-order chi connectivity index (χ0) is 22.2. The van der Waals surface area contributed by atoms with Crippen molar-refractivity contribution < 1.29 is 18.7 Å². The van der Waals surface area contributed by atoms with E-state index < -0.39 is 0 Å². The van der Waals surface area contributed by atoms with E-state index in [-0.39, 0.29) is 24.3 Å². The first-order valence-corrected chi connectivity index (χ1v) is 10.1. The summed E-state index contributed by atoms with van der Waals surface area (Å²) < 4.78 is 24.3. The molecule has 0 aromatic heterocycles. The maximum absolute atomic E-state index is 13.9. The van der Waals surface area contributed by atoms with Crippen LogP contribution in [0, 0.1) is 5.82 Å². The fourth-order valence-electron chi connectivity index (χ4n) is 3.37. The van der Waals surface area contributed by atoms with E-state index in [2.05, 4.69) is 17.6 Å². The largest absolute Gasteiger partial charge is 0.493 e. The molecule has 0 aliphatic carbocycles. The first-order chi connectivity index (χ1) is 15.0. The van der Waals surface area contributed by atoms with Crippen LogP contribution in [0.5, 0.6) is 11.5 Å². The Morgan fingerprint density at radius 2 is 1.68 bits per heavy atom. The second-order valence-electron chi connectivity index (χ2n) is 7.08. The van der Waals surface area contributed by atoms with Crippen molar-refractivity contribution in [2.75, 3.05) is 26.1 Å². The summed E-state index contributed by atoms with van der Waals surface area (Å²) in [6.45, 7) is 2.14. The van der Waals surface area contributed by atoms with Crippen LogP contribution in [0.15, 0.2) is 66.7 Å². The van der Waals surface area contributed by atoms with Gasteiger partial charge in [0.1, 0.15) is 5.82 Å². The van der Waals surface area contributed by atoms with Crippen LogP contribution in [0.4, 0.5) is 10.1 Å². The van der Waals surface area contributed by atoms with Gasteiger partial charge in [0.2, 0.25) is 5.91 Å². The number of ether oxygens (including phenoxy) is 2. The van der Waals surface area contributed by atoms with Crippen LogP contribution < -0.4 is 20.1 Å². The molecule has 31 heavy (non-hydrogen) atoms. The monoisotopic (exact) mass is 422 g/mol. The van der Waals surface area contributed by atoms with Crippen LogP contribution in [0.25, 0.3) is 0 Å². The second-order valence-corrected chi connectivity index (χ2v) is 7.08. The Hall–Kier alpha value is -3.38. The third-order valence-corrected chi connectivity index (χ3v) is 5.04. The van der Waals surface area contributed by atoms with Gasteiger partial charge in [-0.1, -0.05) is 43.3 Å². The predicted octanol–water partition coefficient (Wildman–Crippen LogP) is 4.72. The molecule has 3 aromatic carbocycles. The lowest BCUT2D eigenvalue weighted by Gasteiger charge is -2.20. The van der Waals surface area contributed by atoms with Gasteiger partial charge in [0.05, 0.1) is 26.8 Å². The standard InChI is InChI=1S/C25H27FN2O3/c1-4-17-8-10-18(11-9-17)25(19-6-5-7-20(26)14-19)27-16-24(29)28-21-12-13-22(30-2)23(15-21)31-3/h5-15,25,27H,4,16H2,1-3H3,(H,28,29)/t25-/m0/s1. The third-order valence-electron chi connectivity index (χ3n) is 5.04. The molecule has 0 spiro atoms. The van der Waals surface area contributed by atoms with Crippen molar-refractivity contribution in [3.8, 4) is 11.5 Å². The molecule has 0 unspecified atom stereocenters. The highest BCUT2D eigenvalue weighted by Gasteiger charge is 2.16. The van der Waals surface area contributed by atoms with E-state index in [9.17, 15) is 9.18 Å². The van der Waals surface area contributed by atoms with E-state index in [1.165, 1.54) is 17.7 Å². The van der Waals surface area contributed by atoms with Crippen molar-refractivity contribution in [2.24, 2.45) is 0 Å². The summed E-state index contributed by atoms with van der Waals surface area (Å²) in [5.74, 6) is 0.574. The van der Waals surface area contributed by atoms with Crippen LogP contribution in [-0.4, -0.2) is 26.7 Å². The first kappa shape index (κ1) is 22.3. The summed E-state index contributed by atoms with van der Waals surface area (Å²) in [5.41, 5.74) is 3.52. The van der Waals surface area contributed by atoms with Crippen LogP contribution in [0.2, 0.25) is 0 Å². The van der Waals surface area contributed by atoms with Crippen molar-refractivity contribution in [1.29, 1.82) is 0 Å². The lowest BCUT2D eigenvalue weighted by molar-refractivity contribution is -0.115. The number of anilines is 1. The van der Waals surface area contributed by atoms with Crippen LogP contribution >= 0.6 is 0 Å². The molecule has 0 aliphatic rings. The molecule has 0 fully saturated rings. The average Bonchev–Trinajstić information content (AvgIpc) is 2.79. The maximum Gasteiger partial charge on any atom is 0.238 e. The number of benzene rings is 3. The Labute approximate surface area is 182 Å². The summed E-state index contributed by atoms with van der Waals surface area (Å²) in [6.07, 6.45) is 0.937. The van der Waals surface area contributed by atoms with Gasteiger partial charge in [-0.2, -0.15) is 0 Å². The van der Waals surface area contributed by atoms with Gasteiger partial charge in [0.15, 0.2) is 11.5 Å². The Morgan fingerprint density at radius 1 is 0.935 bits per heavy atom. The molecule has 2 N–H and O–H groups in total. The quantitative estimate of drug-likeness (QED) is 0.524. The van der Waals surface area contributed by atoms with Crippen molar-refractivity contribution >= 4 is 11.6 Å². The number of methoxy groups -OCH3 is 2. The molecule has 6 heteroatoms. The molecule has 0 aliphatic heterocycles. The van der Waals surface area contributed by atoms with E-state index in [1.54, 1.807) is 38.5 Å². The number of amides is 1. The number of halogens is 1. The van der Waals surface area contributed by atoms with Crippen molar-refractivity contribution in [3.05, 3.63) is 89.2 Å². The molecule has 0 radical (unpaired) electrons. The Balaban J connectivity index is 1.74. The minimum Gasteiger partial charge on any atom is -0.493 e. The van der Waals surface area contributed by atoms with E-state index in [1.807, 2.05) is 30.3 Å². The average molecular weight is 423 g/mol. The van der Waals surface area contributed by atoms with E-state index in [4.69, 9.17) is 9.47 Å². The van der Waals surface area contributed by atoms with Crippen molar-refractivity contribution in [2.45, 2.75) is 19.4 Å². The van der Waals surface area contributed by atoms with E-state index >= 15 is 0 Å². The number of carbonyl (C=O) groups excluding carboxylic acids is 1. The second kappa shape index (κ2) is 10.6. The smallest absolute Gasteiger partial charge is 0.238 e. The summed E-state index contributed by atoms with van der Waals surface area (Å²) in [7, 11) is 3.10. The van der Waals surface area contributed by atoms with Gasteiger partial charge in [-0.15, -0.1) is 0 Å². The minimum atomic E-state index is -0.322. The normalized spacial score (nSPS) is 11.6. The van der Waals surface area contributed by atoms with Gasteiger partial charge >= 0.3 is 0 Å². The molecule has 0 saturated heterocycles. The van der Waals surface area contributed by atoms with Gasteiger partial charge in [0, 0.05) is 11.8 Å². The molecular weight excluding hydrogens is 395 g/mol. The lowest BCUT2D eigenvalue weighted by Crippen LogP contribution is -2.32.